The molecule has 2 N–H and O–H groups in total. The van der Waals surface area contributed by atoms with Gasteiger partial charge in [-0.05, 0) is 12.5 Å². The van der Waals surface area contributed by atoms with E-state index in [4.69, 9.17) is 5.73 Å². The van der Waals surface area contributed by atoms with Crippen LogP contribution in [0.15, 0.2) is 34.5 Å². The molecule has 2 nitrogen and oxygen atoms in total. The van der Waals surface area contributed by atoms with Crippen LogP contribution in [0.3, 0.4) is 0 Å². The minimum absolute atomic E-state index is 0.656. The summed E-state index contributed by atoms with van der Waals surface area (Å²) in [7, 11) is 0. The molecule has 0 radical (unpaired) electrons. The number of thiazole rings is 1. The molecule has 1 aromatic carbocycles. The van der Waals surface area contributed by atoms with Gasteiger partial charge in [-0.3, -0.25) is 0 Å². The maximum atomic E-state index is 5.64. The minimum Gasteiger partial charge on any atom is -0.375 e. The van der Waals surface area contributed by atoms with E-state index in [0.29, 0.717) is 5.13 Å². The number of hydrogen-bond acceptors (Lipinski definition) is 4. The lowest BCUT2D eigenvalue weighted by molar-refractivity contribution is 1.21. The highest BCUT2D eigenvalue weighted by atomic mass is 32.2. The van der Waals surface area contributed by atoms with Gasteiger partial charge >= 0.3 is 0 Å². The van der Waals surface area contributed by atoms with Crippen molar-refractivity contribution in [3.05, 3.63) is 41.6 Å². The molecule has 15 heavy (non-hydrogen) atoms. The Morgan fingerprint density at radius 3 is 2.67 bits per heavy atom. The summed E-state index contributed by atoms with van der Waals surface area (Å²) in [5, 5.41) is 0.656. The Kier molecular flexibility index (Phi) is 3.28. The predicted octanol–water partition coefficient (Wildman–Crippen LogP) is 3.33. The number of nitrogens with two attached hydrogens (primary N) is 1. The third-order valence-corrected chi connectivity index (χ3v) is 4.40. The Bertz CT molecular complexity index is 437. The lowest BCUT2D eigenvalue weighted by Gasteiger charge is -1.99. The number of aromatic nitrogens is 1. The fourth-order valence-corrected chi connectivity index (χ4v) is 3.24. The first-order valence-corrected chi connectivity index (χ1v) is 6.45. The zero-order valence-corrected chi connectivity index (χ0v) is 10.1. The Morgan fingerprint density at radius 1 is 1.33 bits per heavy atom. The van der Waals surface area contributed by atoms with Crippen LogP contribution in [0, 0.1) is 6.92 Å². The van der Waals surface area contributed by atoms with Crippen molar-refractivity contribution in [2.45, 2.75) is 16.9 Å². The first-order valence-electron chi connectivity index (χ1n) is 4.65. The van der Waals surface area contributed by atoms with Gasteiger partial charge in [0.2, 0.25) is 0 Å². The number of aryl methyl sites for hydroxylation is 1. The van der Waals surface area contributed by atoms with Crippen LogP contribution in [0.1, 0.15) is 11.3 Å². The van der Waals surface area contributed by atoms with Gasteiger partial charge in [-0.1, -0.05) is 41.7 Å². The molecular weight excluding hydrogens is 224 g/mol. The lowest BCUT2D eigenvalue weighted by Crippen LogP contribution is -1.81. The summed E-state index contributed by atoms with van der Waals surface area (Å²) in [6.07, 6.45) is 0. The highest BCUT2D eigenvalue weighted by molar-refractivity contribution is 8.00. The Hall–Kier alpha value is -1.00. The lowest BCUT2D eigenvalue weighted by atomic mass is 10.2. The number of benzene rings is 1. The first kappa shape index (κ1) is 10.5. The van der Waals surface area contributed by atoms with E-state index in [1.54, 1.807) is 23.1 Å². The van der Waals surface area contributed by atoms with E-state index in [1.807, 2.05) is 13.0 Å². The second-order valence-corrected chi connectivity index (χ2v) is 5.47. The zero-order valence-electron chi connectivity index (χ0n) is 8.43. The molecule has 0 saturated heterocycles. The molecular formula is C11H12N2S2. The second-order valence-electron chi connectivity index (χ2n) is 3.20. The summed E-state index contributed by atoms with van der Waals surface area (Å²) in [6, 6.07) is 10.4. The largest absolute Gasteiger partial charge is 0.375 e. The maximum absolute atomic E-state index is 5.64. The number of nitrogens with zero attached hydrogens (tertiary/aromatic N) is 1. The van der Waals surface area contributed by atoms with Crippen molar-refractivity contribution in [1.29, 1.82) is 0 Å². The van der Waals surface area contributed by atoms with Crippen LogP contribution >= 0.6 is 23.1 Å². The number of hydrogen-bond donors (Lipinski definition) is 1. The number of thioether (sulfide) groups is 1. The molecule has 0 aliphatic heterocycles. The van der Waals surface area contributed by atoms with E-state index >= 15 is 0 Å². The van der Waals surface area contributed by atoms with Crippen molar-refractivity contribution in [2.24, 2.45) is 0 Å². The van der Waals surface area contributed by atoms with E-state index in [9.17, 15) is 0 Å². The van der Waals surface area contributed by atoms with Crippen LogP contribution in [-0.4, -0.2) is 4.98 Å². The first-order chi connectivity index (χ1) is 7.25. The summed E-state index contributed by atoms with van der Waals surface area (Å²) in [4.78, 5) is 4.20. The molecule has 0 saturated carbocycles. The average Bonchev–Trinajstić information content (AvgIpc) is 2.56. The fourth-order valence-electron chi connectivity index (χ4n) is 1.26. The van der Waals surface area contributed by atoms with Crippen LogP contribution < -0.4 is 5.73 Å². The van der Waals surface area contributed by atoms with Gasteiger partial charge in [0.25, 0.3) is 0 Å². The van der Waals surface area contributed by atoms with Gasteiger partial charge in [0.05, 0.1) is 9.90 Å². The number of anilines is 1. The van der Waals surface area contributed by atoms with Gasteiger partial charge in [-0.2, -0.15) is 0 Å². The van der Waals surface area contributed by atoms with Gasteiger partial charge in [0.15, 0.2) is 5.13 Å². The molecule has 1 heterocycles. The molecule has 0 fully saturated rings. The summed E-state index contributed by atoms with van der Waals surface area (Å²) in [5.74, 6) is 0.976. The summed E-state index contributed by atoms with van der Waals surface area (Å²) in [5.41, 5.74) is 8.01. The van der Waals surface area contributed by atoms with E-state index in [1.165, 1.54) is 9.77 Å². The standard InChI is InChI=1S/C11H12N2S2/c1-8-10(15-11(12)13-8)14-7-9-5-3-2-4-6-9/h2-6H,7H2,1H3,(H2,12,13). The maximum Gasteiger partial charge on any atom is 0.181 e. The minimum atomic E-state index is 0.656. The van der Waals surface area contributed by atoms with Crippen LogP contribution in [0.25, 0.3) is 0 Å². The fraction of sp³-hybridized carbons (Fsp3) is 0.182. The second kappa shape index (κ2) is 4.68. The summed E-state index contributed by atoms with van der Waals surface area (Å²) in [6.45, 7) is 2.00. The van der Waals surface area contributed by atoms with Gasteiger partial charge in [0.1, 0.15) is 0 Å². The molecule has 0 aliphatic carbocycles. The van der Waals surface area contributed by atoms with Crippen molar-refractivity contribution in [3.63, 3.8) is 0 Å². The van der Waals surface area contributed by atoms with Gasteiger partial charge in [-0.15, -0.1) is 11.8 Å². The smallest absolute Gasteiger partial charge is 0.181 e. The quantitative estimate of drug-likeness (QED) is 0.831. The van der Waals surface area contributed by atoms with E-state index in [-0.39, 0.29) is 0 Å². The van der Waals surface area contributed by atoms with Crippen molar-refractivity contribution in [2.75, 3.05) is 5.73 Å². The average molecular weight is 236 g/mol. The molecule has 0 bridgehead atoms. The summed E-state index contributed by atoms with van der Waals surface area (Å²) >= 11 is 3.36. The topological polar surface area (TPSA) is 38.9 Å². The van der Waals surface area contributed by atoms with Crippen LogP contribution in [0.2, 0.25) is 0 Å². The Labute approximate surface area is 97.5 Å². The van der Waals surface area contributed by atoms with Gasteiger partial charge in [0, 0.05) is 5.75 Å². The number of rotatable bonds is 3. The van der Waals surface area contributed by atoms with Crippen molar-refractivity contribution >= 4 is 28.2 Å². The molecule has 0 unspecified atom stereocenters. The SMILES string of the molecule is Cc1nc(N)sc1SCc1ccccc1. The third kappa shape index (κ3) is 2.73. The van der Waals surface area contributed by atoms with E-state index in [2.05, 4.69) is 29.2 Å². The number of nitrogen functional groups attached to an aromatic ring is 1. The van der Waals surface area contributed by atoms with Gasteiger partial charge < -0.3 is 5.73 Å². The molecule has 0 atom stereocenters. The highest BCUT2D eigenvalue weighted by Gasteiger charge is 2.05. The van der Waals surface area contributed by atoms with E-state index < -0.39 is 0 Å². The predicted molar refractivity (Wildman–Crippen MR) is 67.3 cm³/mol. The van der Waals surface area contributed by atoms with Crippen LogP contribution in [0.4, 0.5) is 5.13 Å². The molecule has 2 aromatic rings. The van der Waals surface area contributed by atoms with Crippen molar-refractivity contribution in [3.8, 4) is 0 Å². The van der Waals surface area contributed by atoms with Crippen molar-refractivity contribution < 1.29 is 0 Å². The monoisotopic (exact) mass is 236 g/mol. The Balaban J connectivity index is 2.02. The van der Waals surface area contributed by atoms with Crippen molar-refractivity contribution in [1.82, 2.24) is 4.98 Å². The van der Waals surface area contributed by atoms with E-state index in [0.717, 1.165) is 11.4 Å². The third-order valence-electron chi connectivity index (χ3n) is 1.98. The highest BCUT2D eigenvalue weighted by Crippen LogP contribution is 2.32. The molecule has 0 aliphatic rings. The van der Waals surface area contributed by atoms with Crippen LogP contribution in [0.5, 0.6) is 0 Å². The normalized spacial score (nSPS) is 10.5. The molecule has 4 heteroatoms. The molecule has 1 aromatic heterocycles. The zero-order chi connectivity index (χ0) is 10.7. The molecule has 0 spiro atoms. The molecule has 78 valence electrons. The molecule has 2 rings (SSSR count). The Morgan fingerprint density at radius 2 is 2.07 bits per heavy atom. The molecule has 0 amide bonds. The van der Waals surface area contributed by atoms with Gasteiger partial charge in [-0.25, -0.2) is 4.98 Å². The summed E-state index contributed by atoms with van der Waals surface area (Å²) < 4.78 is 1.22. The van der Waals surface area contributed by atoms with Crippen LogP contribution in [-0.2, 0) is 5.75 Å².